The van der Waals surface area contributed by atoms with Crippen molar-refractivity contribution in [2.24, 2.45) is 7.05 Å². The summed E-state index contributed by atoms with van der Waals surface area (Å²) in [5.41, 5.74) is 0.852. The second-order valence-electron chi connectivity index (χ2n) is 6.34. The van der Waals surface area contributed by atoms with Gasteiger partial charge in [-0.3, -0.25) is 14.4 Å². The second kappa shape index (κ2) is 6.29. The Morgan fingerprint density at radius 2 is 2.00 bits per heavy atom. The number of carbonyl (C=O) groups excluding carboxylic acids is 1. The molecule has 0 radical (unpaired) electrons. The number of hydrogen-bond acceptors (Lipinski definition) is 6. The standard InChI is InChI=1S/C14H21ClN4O4S/c1-9-12(15)13(16-17(9)2)14(21)19-4-3-18(5-6-20)10-7-24(22,23)8-11(10)19/h10-11,20H,3-8H2,1-2H3/t10-,11+/m1/s1. The molecule has 0 spiro atoms. The first-order valence-corrected chi connectivity index (χ1v) is 10.0. The molecule has 24 heavy (non-hydrogen) atoms. The Hall–Kier alpha value is -1.16. The van der Waals surface area contributed by atoms with Crippen LogP contribution in [0.25, 0.3) is 0 Å². The lowest BCUT2D eigenvalue weighted by atomic mass is 10.0. The topological polar surface area (TPSA) is 95.7 Å². The van der Waals surface area contributed by atoms with Crippen molar-refractivity contribution in [3.05, 3.63) is 16.4 Å². The lowest BCUT2D eigenvalue weighted by Gasteiger charge is -2.43. The Morgan fingerprint density at radius 1 is 1.33 bits per heavy atom. The van der Waals surface area contributed by atoms with E-state index in [1.54, 1.807) is 23.6 Å². The summed E-state index contributed by atoms with van der Waals surface area (Å²) in [7, 11) is -1.51. The van der Waals surface area contributed by atoms with Crippen LogP contribution in [0.1, 0.15) is 16.2 Å². The van der Waals surface area contributed by atoms with Crippen LogP contribution in [0.5, 0.6) is 0 Å². The predicted molar refractivity (Wildman–Crippen MR) is 88.9 cm³/mol. The van der Waals surface area contributed by atoms with Gasteiger partial charge in [0.2, 0.25) is 0 Å². The quantitative estimate of drug-likeness (QED) is 0.749. The summed E-state index contributed by atoms with van der Waals surface area (Å²) in [5.74, 6) is -0.384. The number of sulfone groups is 1. The number of aromatic nitrogens is 2. The van der Waals surface area contributed by atoms with E-state index in [4.69, 9.17) is 11.6 Å². The molecule has 2 aliphatic heterocycles. The summed E-state index contributed by atoms with van der Waals surface area (Å²) in [4.78, 5) is 16.4. The molecule has 1 N–H and O–H groups in total. The highest BCUT2D eigenvalue weighted by Crippen LogP contribution is 2.29. The number of piperazine rings is 1. The largest absolute Gasteiger partial charge is 0.395 e. The lowest BCUT2D eigenvalue weighted by molar-refractivity contribution is 0.0276. The van der Waals surface area contributed by atoms with E-state index in [1.165, 1.54) is 0 Å². The zero-order valence-electron chi connectivity index (χ0n) is 13.6. The first-order valence-electron chi connectivity index (χ1n) is 7.80. The fraction of sp³-hybridized carbons (Fsp3) is 0.714. The van der Waals surface area contributed by atoms with Gasteiger partial charge < -0.3 is 10.0 Å². The van der Waals surface area contributed by atoms with E-state index in [0.29, 0.717) is 30.4 Å². The van der Waals surface area contributed by atoms with Crippen LogP contribution in [-0.4, -0.2) is 88.8 Å². The molecule has 0 aliphatic carbocycles. The van der Waals surface area contributed by atoms with E-state index in [9.17, 15) is 18.3 Å². The van der Waals surface area contributed by atoms with Crippen LogP contribution in [0.15, 0.2) is 0 Å². The Balaban J connectivity index is 1.91. The van der Waals surface area contributed by atoms with Crippen molar-refractivity contribution in [1.29, 1.82) is 0 Å². The van der Waals surface area contributed by atoms with E-state index < -0.39 is 15.9 Å². The number of β-amino-alcohol motifs (C(OH)–C–C–N with tert-alkyl or cyclic N) is 1. The third-order valence-corrected chi connectivity index (χ3v) is 7.05. The van der Waals surface area contributed by atoms with Gasteiger partial charge in [-0.15, -0.1) is 0 Å². The van der Waals surface area contributed by atoms with Crippen molar-refractivity contribution in [1.82, 2.24) is 19.6 Å². The Labute approximate surface area is 145 Å². The Bertz CT molecular complexity index is 763. The van der Waals surface area contributed by atoms with Crippen LogP contribution >= 0.6 is 11.6 Å². The molecular formula is C14H21ClN4O4S. The predicted octanol–water partition coefficient (Wildman–Crippen LogP) is -0.702. The van der Waals surface area contributed by atoms with Crippen LogP contribution in [0.2, 0.25) is 5.02 Å². The summed E-state index contributed by atoms with van der Waals surface area (Å²) in [5, 5.41) is 13.7. The van der Waals surface area contributed by atoms with E-state index in [-0.39, 0.29) is 35.8 Å². The molecule has 1 aromatic rings. The average molecular weight is 377 g/mol. The molecular weight excluding hydrogens is 356 g/mol. The highest BCUT2D eigenvalue weighted by atomic mass is 35.5. The fourth-order valence-electron chi connectivity index (χ4n) is 3.54. The number of amides is 1. The molecule has 3 rings (SSSR count). The molecule has 3 heterocycles. The van der Waals surface area contributed by atoms with Crippen LogP contribution in [0.3, 0.4) is 0 Å². The SMILES string of the molecule is Cc1c(Cl)c(C(=O)N2CCN(CCO)[C@@H]3CS(=O)(=O)C[C@@H]32)nn1C. The van der Waals surface area contributed by atoms with Crippen molar-refractivity contribution in [2.45, 2.75) is 19.0 Å². The van der Waals surface area contributed by atoms with Gasteiger partial charge in [0, 0.05) is 32.7 Å². The molecule has 0 aromatic carbocycles. The molecule has 0 saturated carbocycles. The minimum absolute atomic E-state index is 0.0103. The van der Waals surface area contributed by atoms with Crippen LogP contribution < -0.4 is 0 Å². The van der Waals surface area contributed by atoms with Gasteiger partial charge in [-0.2, -0.15) is 5.10 Å². The maximum Gasteiger partial charge on any atom is 0.276 e. The zero-order chi connectivity index (χ0) is 17.6. The number of aliphatic hydroxyl groups excluding tert-OH is 1. The lowest BCUT2D eigenvalue weighted by Crippen LogP contribution is -2.61. The highest BCUT2D eigenvalue weighted by Gasteiger charge is 2.48. The van der Waals surface area contributed by atoms with Crippen molar-refractivity contribution in [3.8, 4) is 0 Å². The highest BCUT2D eigenvalue weighted by molar-refractivity contribution is 7.91. The van der Waals surface area contributed by atoms with E-state index >= 15 is 0 Å². The molecule has 1 amide bonds. The van der Waals surface area contributed by atoms with Crippen LogP contribution in [0.4, 0.5) is 0 Å². The molecule has 0 bridgehead atoms. The van der Waals surface area contributed by atoms with Crippen LogP contribution in [0, 0.1) is 6.92 Å². The van der Waals surface area contributed by atoms with Gasteiger partial charge in [-0.1, -0.05) is 11.6 Å². The first kappa shape index (κ1) is 17.7. The molecule has 2 aliphatic rings. The number of halogens is 1. The molecule has 2 atom stereocenters. The minimum Gasteiger partial charge on any atom is -0.395 e. The first-order chi connectivity index (χ1) is 11.2. The normalized spacial score (nSPS) is 26.6. The molecule has 2 saturated heterocycles. The fourth-order valence-corrected chi connectivity index (χ4v) is 5.79. The zero-order valence-corrected chi connectivity index (χ0v) is 15.2. The number of aliphatic hydroxyl groups is 1. The van der Waals surface area contributed by atoms with Crippen LogP contribution in [-0.2, 0) is 16.9 Å². The summed E-state index contributed by atoms with van der Waals surface area (Å²) >= 11 is 6.21. The summed E-state index contributed by atoms with van der Waals surface area (Å²) in [6.07, 6.45) is 0. The van der Waals surface area contributed by atoms with E-state index in [2.05, 4.69) is 5.10 Å². The summed E-state index contributed by atoms with van der Waals surface area (Å²) in [6, 6.07) is -0.718. The van der Waals surface area contributed by atoms with Crippen molar-refractivity contribution in [2.75, 3.05) is 37.7 Å². The average Bonchev–Trinajstić information content (AvgIpc) is 2.98. The number of rotatable bonds is 3. The smallest absolute Gasteiger partial charge is 0.276 e. The Kier molecular flexibility index (Phi) is 4.63. The minimum atomic E-state index is -3.22. The Morgan fingerprint density at radius 3 is 2.58 bits per heavy atom. The van der Waals surface area contributed by atoms with Gasteiger partial charge in [0.25, 0.3) is 5.91 Å². The molecule has 2 fully saturated rings. The van der Waals surface area contributed by atoms with Gasteiger partial charge in [0.05, 0.1) is 34.9 Å². The molecule has 8 nitrogen and oxygen atoms in total. The molecule has 1 aromatic heterocycles. The number of fused-ring (bicyclic) bond motifs is 1. The van der Waals surface area contributed by atoms with E-state index in [1.807, 2.05) is 4.90 Å². The number of carbonyl (C=O) groups is 1. The third-order valence-electron chi connectivity index (χ3n) is 4.90. The monoisotopic (exact) mass is 376 g/mol. The number of aryl methyl sites for hydroxylation is 1. The van der Waals surface area contributed by atoms with Gasteiger partial charge >= 0.3 is 0 Å². The second-order valence-corrected chi connectivity index (χ2v) is 8.87. The van der Waals surface area contributed by atoms with Gasteiger partial charge in [0.1, 0.15) is 0 Å². The van der Waals surface area contributed by atoms with Gasteiger partial charge in [0.15, 0.2) is 15.5 Å². The van der Waals surface area contributed by atoms with E-state index in [0.717, 1.165) is 0 Å². The molecule has 10 heteroatoms. The summed E-state index contributed by atoms with van der Waals surface area (Å²) < 4.78 is 25.7. The summed E-state index contributed by atoms with van der Waals surface area (Å²) in [6.45, 7) is 3.05. The van der Waals surface area contributed by atoms with Crippen molar-refractivity contribution >= 4 is 27.3 Å². The van der Waals surface area contributed by atoms with Gasteiger partial charge in [-0.05, 0) is 6.92 Å². The number of nitrogens with zero attached hydrogens (tertiary/aromatic N) is 4. The number of hydrogen-bond donors (Lipinski definition) is 1. The van der Waals surface area contributed by atoms with Crippen molar-refractivity contribution in [3.63, 3.8) is 0 Å². The maximum absolute atomic E-state index is 12.9. The molecule has 134 valence electrons. The third kappa shape index (κ3) is 2.94. The van der Waals surface area contributed by atoms with Crippen molar-refractivity contribution < 1.29 is 18.3 Å². The molecule has 0 unspecified atom stereocenters. The van der Waals surface area contributed by atoms with Gasteiger partial charge in [-0.25, -0.2) is 8.42 Å². The maximum atomic E-state index is 12.9.